The lowest BCUT2D eigenvalue weighted by atomic mass is 9.89. The average Bonchev–Trinajstić information content (AvgIpc) is 2.45. The summed E-state index contributed by atoms with van der Waals surface area (Å²) in [6.45, 7) is 3.82. The maximum Gasteiger partial charge on any atom is 0.267 e. The molecule has 1 rings (SSSR count). The molecule has 1 amide bonds. The molecule has 0 radical (unpaired) electrons. The third kappa shape index (κ3) is 3.41. The Hall–Kier alpha value is -0.710. The number of halogens is 2. The molecule has 1 saturated heterocycles. The highest BCUT2D eigenvalue weighted by molar-refractivity contribution is 5.77. The van der Waals surface area contributed by atoms with Crippen molar-refractivity contribution in [3.63, 3.8) is 0 Å². The molecule has 0 aromatic carbocycles. The van der Waals surface area contributed by atoms with Crippen molar-refractivity contribution < 1.29 is 13.6 Å². The van der Waals surface area contributed by atoms with Crippen LogP contribution in [0.2, 0.25) is 0 Å². The lowest BCUT2D eigenvalue weighted by Crippen LogP contribution is -2.36. The van der Waals surface area contributed by atoms with Gasteiger partial charge in [0.25, 0.3) is 5.92 Å². The van der Waals surface area contributed by atoms with Crippen LogP contribution in [0.25, 0.3) is 0 Å². The van der Waals surface area contributed by atoms with E-state index in [1.165, 1.54) is 4.90 Å². The summed E-state index contributed by atoms with van der Waals surface area (Å²) in [7, 11) is 0. The number of likely N-dealkylation sites (tertiary alicyclic amines) is 1. The largest absolute Gasteiger partial charge is 0.336 e. The fourth-order valence-electron chi connectivity index (χ4n) is 1.54. The highest BCUT2D eigenvalue weighted by Crippen LogP contribution is 2.29. The highest BCUT2D eigenvalue weighted by Gasteiger charge is 2.40. The molecule has 88 valence electrons. The van der Waals surface area contributed by atoms with Gasteiger partial charge in [-0.25, -0.2) is 8.78 Å². The fourth-order valence-corrected chi connectivity index (χ4v) is 1.54. The minimum Gasteiger partial charge on any atom is -0.336 e. The van der Waals surface area contributed by atoms with Crippen LogP contribution in [0.15, 0.2) is 0 Å². The number of carbonyl (C=O) groups is 1. The van der Waals surface area contributed by atoms with E-state index in [1.54, 1.807) is 0 Å². The van der Waals surface area contributed by atoms with Crippen molar-refractivity contribution in [1.82, 2.24) is 4.90 Å². The van der Waals surface area contributed by atoms with Crippen molar-refractivity contribution >= 4 is 5.91 Å². The average molecular weight is 220 g/mol. The van der Waals surface area contributed by atoms with Crippen LogP contribution in [0.3, 0.4) is 0 Å². The minimum atomic E-state index is -2.71. The Kier molecular flexibility index (Phi) is 3.33. The van der Waals surface area contributed by atoms with E-state index in [0.717, 1.165) is 0 Å². The van der Waals surface area contributed by atoms with Gasteiger partial charge in [0.2, 0.25) is 5.91 Å². The molecule has 0 aromatic rings. The van der Waals surface area contributed by atoms with Crippen molar-refractivity contribution in [3.8, 4) is 0 Å². The number of alkyl halides is 2. The van der Waals surface area contributed by atoms with Crippen molar-refractivity contribution in [2.45, 2.75) is 32.6 Å². The van der Waals surface area contributed by atoms with Crippen LogP contribution in [0.4, 0.5) is 8.78 Å². The summed E-state index contributed by atoms with van der Waals surface area (Å²) in [6, 6.07) is 0. The van der Waals surface area contributed by atoms with Gasteiger partial charge in [-0.1, -0.05) is 13.8 Å². The summed E-state index contributed by atoms with van der Waals surface area (Å²) in [6.07, 6.45) is 0.0153. The second kappa shape index (κ2) is 4.04. The lowest BCUT2D eigenvalue weighted by Gasteiger charge is -2.25. The molecule has 0 aromatic heterocycles. The van der Waals surface area contributed by atoms with Crippen molar-refractivity contribution in [2.24, 2.45) is 11.1 Å². The molecule has 1 aliphatic rings. The molecule has 15 heavy (non-hydrogen) atoms. The van der Waals surface area contributed by atoms with E-state index in [9.17, 15) is 13.6 Å². The summed E-state index contributed by atoms with van der Waals surface area (Å²) in [5.74, 6) is -2.93. The van der Waals surface area contributed by atoms with E-state index in [1.807, 2.05) is 13.8 Å². The Balaban J connectivity index is 2.50. The molecule has 0 aliphatic carbocycles. The summed E-state index contributed by atoms with van der Waals surface area (Å²) in [4.78, 5) is 12.9. The number of rotatable bonds is 3. The fraction of sp³-hybridized carbons (Fsp3) is 0.900. The van der Waals surface area contributed by atoms with E-state index in [2.05, 4.69) is 0 Å². The first-order valence-corrected chi connectivity index (χ1v) is 5.11. The Morgan fingerprint density at radius 3 is 2.53 bits per heavy atom. The normalized spacial score (nSPS) is 20.7. The van der Waals surface area contributed by atoms with Gasteiger partial charge in [-0.15, -0.1) is 0 Å². The summed E-state index contributed by atoms with van der Waals surface area (Å²) >= 11 is 0. The second-order valence-electron chi connectivity index (χ2n) is 4.97. The lowest BCUT2D eigenvalue weighted by molar-refractivity contribution is -0.133. The molecule has 3 nitrogen and oxygen atoms in total. The maximum absolute atomic E-state index is 12.9. The van der Waals surface area contributed by atoms with Gasteiger partial charge in [0.1, 0.15) is 0 Å². The quantitative estimate of drug-likeness (QED) is 0.777. The summed E-state index contributed by atoms with van der Waals surface area (Å²) < 4.78 is 25.7. The summed E-state index contributed by atoms with van der Waals surface area (Å²) in [5, 5.41) is 0. The Bertz CT molecular complexity index is 254. The van der Waals surface area contributed by atoms with Crippen molar-refractivity contribution in [2.75, 3.05) is 19.6 Å². The Morgan fingerprint density at radius 2 is 2.13 bits per heavy atom. The van der Waals surface area contributed by atoms with Gasteiger partial charge in [-0.2, -0.15) is 0 Å². The number of hydrogen-bond donors (Lipinski definition) is 1. The third-order valence-corrected chi connectivity index (χ3v) is 2.70. The molecular weight excluding hydrogens is 202 g/mol. The summed E-state index contributed by atoms with van der Waals surface area (Å²) in [5.41, 5.74) is 5.18. The molecule has 1 aliphatic heterocycles. The smallest absolute Gasteiger partial charge is 0.267 e. The van der Waals surface area contributed by atoms with Crippen LogP contribution in [-0.2, 0) is 4.79 Å². The van der Waals surface area contributed by atoms with Crippen LogP contribution in [-0.4, -0.2) is 36.4 Å². The van der Waals surface area contributed by atoms with Crippen LogP contribution in [0, 0.1) is 5.41 Å². The van der Waals surface area contributed by atoms with Gasteiger partial charge < -0.3 is 10.6 Å². The first kappa shape index (κ1) is 12.4. The van der Waals surface area contributed by atoms with Gasteiger partial charge in [-0.3, -0.25) is 4.79 Å². The molecule has 1 fully saturated rings. The van der Waals surface area contributed by atoms with Crippen LogP contribution < -0.4 is 5.73 Å². The van der Waals surface area contributed by atoms with Gasteiger partial charge in [0.05, 0.1) is 6.54 Å². The zero-order valence-corrected chi connectivity index (χ0v) is 9.22. The molecular formula is C10H18F2N2O. The number of nitrogens with two attached hydrogens (primary N) is 1. The van der Waals surface area contributed by atoms with E-state index in [4.69, 9.17) is 5.73 Å². The highest BCUT2D eigenvalue weighted by atomic mass is 19.3. The van der Waals surface area contributed by atoms with Crippen LogP contribution in [0.5, 0.6) is 0 Å². The van der Waals surface area contributed by atoms with E-state index >= 15 is 0 Å². The van der Waals surface area contributed by atoms with Gasteiger partial charge in [-0.05, 0) is 12.0 Å². The second-order valence-corrected chi connectivity index (χ2v) is 4.97. The van der Waals surface area contributed by atoms with Crippen molar-refractivity contribution in [1.29, 1.82) is 0 Å². The van der Waals surface area contributed by atoms with E-state index in [0.29, 0.717) is 6.54 Å². The van der Waals surface area contributed by atoms with Gasteiger partial charge in [0.15, 0.2) is 0 Å². The van der Waals surface area contributed by atoms with Crippen LogP contribution in [0.1, 0.15) is 26.7 Å². The van der Waals surface area contributed by atoms with Gasteiger partial charge in [0, 0.05) is 19.4 Å². The first-order chi connectivity index (χ1) is 6.76. The standard InChI is InChI=1S/C10H18F2N2O/c1-9(2,6-13)5-8(15)14-4-3-10(11,12)7-14/h3-7,13H2,1-2H3. The molecule has 2 N–H and O–H groups in total. The number of amides is 1. The third-order valence-electron chi connectivity index (χ3n) is 2.70. The number of carbonyl (C=O) groups excluding carboxylic acids is 1. The van der Waals surface area contributed by atoms with Gasteiger partial charge >= 0.3 is 0 Å². The predicted molar refractivity (Wildman–Crippen MR) is 53.6 cm³/mol. The molecule has 0 spiro atoms. The van der Waals surface area contributed by atoms with E-state index < -0.39 is 12.5 Å². The SMILES string of the molecule is CC(C)(CN)CC(=O)N1CCC(F)(F)C1. The molecule has 0 unspecified atom stereocenters. The molecule has 0 bridgehead atoms. The zero-order chi connectivity index (χ0) is 11.7. The zero-order valence-electron chi connectivity index (χ0n) is 9.22. The topological polar surface area (TPSA) is 46.3 Å². The Labute approximate surface area is 88.6 Å². The number of nitrogens with zero attached hydrogens (tertiary/aromatic N) is 1. The maximum atomic E-state index is 12.9. The van der Waals surface area contributed by atoms with Crippen LogP contribution >= 0.6 is 0 Å². The predicted octanol–water partition coefficient (Wildman–Crippen LogP) is 1.23. The molecule has 0 saturated carbocycles. The monoisotopic (exact) mass is 220 g/mol. The number of hydrogen-bond acceptors (Lipinski definition) is 2. The molecule has 5 heteroatoms. The molecule has 0 atom stereocenters. The van der Waals surface area contributed by atoms with E-state index in [-0.39, 0.29) is 30.7 Å². The minimum absolute atomic E-state index is 0.159. The van der Waals surface area contributed by atoms with Crippen molar-refractivity contribution in [3.05, 3.63) is 0 Å². The molecule has 1 heterocycles. The first-order valence-electron chi connectivity index (χ1n) is 5.11. The Morgan fingerprint density at radius 1 is 1.53 bits per heavy atom.